The predicted octanol–water partition coefficient (Wildman–Crippen LogP) is 2.32. The Morgan fingerprint density at radius 3 is 2.81 bits per heavy atom. The molecule has 138 valence electrons. The molecule has 4 rings (SSSR count). The molecule has 27 heavy (non-hydrogen) atoms. The average Bonchev–Trinajstić information content (AvgIpc) is 3.27. The molecule has 0 radical (unpaired) electrons. The summed E-state index contributed by atoms with van der Waals surface area (Å²) in [6, 6.07) is 10.9. The lowest BCUT2D eigenvalue weighted by molar-refractivity contribution is -0.384. The zero-order valence-electron chi connectivity index (χ0n) is 14.1. The van der Waals surface area contributed by atoms with E-state index in [1.807, 2.05) is 0 Å². The fourth-order valence-electron chi connectivity index (χ4n) is 3.13. The Labute approximate surface area is 153 Å². The largest absolute Gasteiger partial charge is 0.454 e. The van der Waals surface area contributed by atoms with Crippen molar-refractivity contribution in [2.24, 2.45) is 5.92 Å². The third kappa shape index (κ3) is 3.26. The second kappa shape index (κ2) is 6.60. The molecule has 2 aromatic carbocycles. The van der Waals surface area contributed by atoms with Crippen LogP contribution in [0.2, 0.25) is 0 Å². The van der Waals surface area contributed by atoms with E-state index in [2.05, 4.69) is 5.32 Å². The van der Waals surface area contributed by atoms with E-state index in [4.69, 9.17) is 9.47 Å². The summed E-state index contributed by atoms with van der Waals surface area (Å²) in [4.78, 5) is 36.7. The molecule has 2 heterocycles. The number of nitro groups is 1. The average molecular weight is 369 g/mol. The summed E-state index contributed by atoms with van der Waals surface area (Å²) in [6.45, 7) is 0.361. The molecule has 9 heteroatoms. The van der Waals surface area contributed by atoms with Gasteiger partial charge >= 0.3 is 0 Å². The summed E-state index contributed by atoms with van der Waals surface area (Å²) < 4.78 is 10.6. The van der Waals surface area contributed by atoms with Gasteiger partial charge in [0.05, 0.1) is 10.8 Å². The number of non-ortho nitro benzene ring substituents is 1. The fraction of sp³-hybridized carbons (Fsp3) is 0.222. The van der Waals surface area contributed by atoms with E-state index in [1.165, 1.54) is 23.1 Å². The minimum atomic E-state index is -0.554. The van der Waals surface area contributed by atoms with E-state index in [9.17, 15) is 19.7 Å². The maximum atomic E-state index is 12.5. The zero-order valence-corrected chi connectivity index (χ0v) is 14.1. The first-order chi connectivity index (χ1) is 13.0. The number of amides is 2. The van der Waals surface area contributed by atoms with E-state index in [-0.39, 0.29) is 37.3 Å². The second-order valence-electron chi connectivity index (χ2n) is 6.24. The number of carbonyl (C=O) groups excluding carboxylic acids is 2. The number of rotatable bonds is 4. The van der Waals surface area contributed by atoms with Gasteiger partial charge in [0.25, 0.3) is 5.69 Å². The lowest BCUT2D eigenvalue weighted by atomic mass is 10.1. The molecule has 0 aromatic heterocycles. The van der Waals surface area contributed by atoms with Gasteiger partial charge in [-0.2, -0.15) is 0 Å². The Morgan fingerprint density at radius 2 is 2.00 bits per heavy atom. The minimum absolute atomic E-state index is 0.0647. The van der Waals surface area contributed by atoms with Gasteiger partial charge in [-0.1, -0.05) is 6.07 Å². The standard InChI is InChI=1S/C18H15N3O6/c22-17-6-11(18(23)19-12-2-1-3-14(7-12)21(24)25)9-20(17)13-4-5-15-16(8-13)27-10-26-15/h1-5,7-8,11H,6,9-10H2,(H,19,23). The van der Waals surface area contributed by atoms with Crippen molar-refractivity contribution >= 4 is 28.9 Å². The van der Waals surface area contributed by atoms with Gasteiger partial charge < -0.3 is 19.7 Å². The number of carbonyl (C=O) groups is 2. The van der Waals surface area contributed by atoms with Crippen molar-refractivity contribution in [1.29, 1.82) is 0 Å². The molecular formula is C18H15N3O6. The molecule has 1 N–H and O–H groups in total. The van der Waals surface area contributed by atoms with Crippen LogP contribution in [-0.4, -0.2) is 30.1 Å². The molecule has 0 aliphatic carbocycles. The predicted molar refractivity (Wildman–Crippen MR) is 94.8 cm³/mol. The molecule has 1 fully saturated rings. The molecule has 1 saturated heterocycles. The molecule has 0 spiro atoms. The summed E-state index contributed by atoms with van der Waals surface area (Å²) in [6.07, 6.45) is 0.0647. The molecule has 1 atom stereocenters. The third-order valence-electron chi connectivity index (χ3n) is 4.49. The number of hydrogen-bond acceptors (Lipinski definition) is 6. The molecule has 2 amide bonds. The van der Waals surface area contributed by atoms with Crippen LogP contribution in [0, 0.1) is 16.0 Å². The lowest BCUT2D eigenvalue weighted by Gasteiger charge is -2.17. The Kier molecular flexibility index (Phi) is 4.11. The smallest absolute Gasteiger partial charge is 0.271 e. The maximum absolute atomic E-state index is 12.5. The summed E-state index contributed by atoms with van der Waals surface area (Å²) in [5.41, 5.74) is 0.843. The highest BCUT2D eigenvalue weighted by atomic mass is 16.7. The van der Waals surface area contributed by atoms with Crippen molar-refractivity contribution in [3.05, 3.63) is 52.6 Å². The third-order valence-corrected chi connectivity index (χ3v) is 4.49. The normalized spacial score (nSPS) is 17.9. The number of fused-ring (bicyclic) bond motifs is 1. The molecule has 9 nitrogen and oxygen atoms in total. The number of benzene rings is 2. The number of hydrogen-bond donors (Lipinski definition) is 1. The van der Waals surface area contributed by atoms with Gasteiger partial charge in [-0.05, 0) is 18.2 Å². The molecule has 0 saturated carbocycles. The Morgan fingerprint density at radius 1 is 1.19 bits per heavy atom. The van der Waals surface area contributed by atoms with Gasteiger partial charge in [0.1, 0.15) is 0 Å². The number of anilines is 2. The van der Waals surface area contributed by atoms with Crippen LogP contribution in [0.25, 0.3) is 0 Å². The minimum Gasteiger partial charge on any atom is -0.454 e. The number of ether oxygens (including phenoxy) is 2. The Bertz CT molecular complexity index is 944. The van der Waals surface area contributed by atoms with Crippen molar-refractivity contribution in [3.63, 3.8) is 0 Å². The van der Waals surface area contributed by atoms with Crippen molar-refractivity contribution in [2.45, 2.75) is 6.42 Å². The van der Waals surface area contributed by atoms with E-state index in [0.29, 0.717) is 22.9 Å². The van der Waals surface area contributed by atoms with Crippen LogP contribution in [-0.2, 0) is 9.59 Å². The Balaban J connectivity index is 1.46. The van der Waals surface area contributed by atoms with E-state index in [1.54, 1.807) is 24.3 Å². The zero-order chi connectivity index (χ0) is 19.0. The number of nitrogens with one attached hydrogen (secondary N) is 1. The highest BCUT2D eigenvalue weighted by Crippen LogP contribution is 2.37. The van der Waals surface area contributed by atoms with Crippen LogP contribution < -0.4 is 19.7 Å². The van der Waals surface area contributed by atoms with Crippen molar-refractivity contribution in [2.75, 3.05) is 23.6 Å². The topological polar surface area (TPSA) is 111 Å². The summed E-state index contributed by atoms with van der Waals surface area (Å²) in [5, 5.41) is 13.5. The van der Waals surface area contributed by atoms with Crippen molar-refractivity contribution in [1.82, 2.24) is 0 Å². The lowest BCUT2D eigenvalue weighted by Crippen LogP contribution is -2.28. The number of nitro benzene ring substituents is 1. The fourth-order valence-corrected chi connectivity index (χ4v) is 3.13. The highest BCUT2D eigenvalue weighted by molar-refractivity contribution is 6.03. The SMILES string of the molecule is O=C(Nc1cccc([N+](=O)[O-])c1)C1CC(=O)N(c2ccc3c(c2)OCO3)C1. The van der Waals surface area contributed by atoms with Crippen LogP contribution >= 0.6 is 0 Å². The molecule has 2 aliphatic rings. The summed E-state index contributed by atoms with van der Waals surface area (Å²) >= 11 is 0. The first-order valence-electron chi connectivity index (χ1n) is 8.26. The van der Waals surface area contributed by atoms with Gasteiger partial charge in [0.15, 0.2) is 11.5 Å². The van der Waals surface area contributed by atoms with Crippen LogP contribution in [0.5, 0.6) is 11.5 Å². The van der Waals surface area contributed by atoms with Gasteiger partial charge in [-0.15, -0.1) is 0 Å². The van der Waals surface area contributed by atoms with Crippen LogP contribution in [0.4, 0.5) is 17.1 Å². The second-order valence-corrected chi connectivity index (χ2v) is 6.24. The molecule has 0 bridgehead atoms. The van der Waals surface area contributed by atoms with Crippen molar-refractivity contribution < 1.29 is 24.0 Å². The molecular weight excluding hydrogens is 354 g/mol. The quantitative estimate of drug-likeness (QED) is 0.654. The van der Waals surface area contributed by atoms with Crippen LogP contribution in [0.1, 0.15) is 6.42 Å². The van der Waals surface area contributed by atoms with Crippen molar-refractivity contribution in [3.8, 4) is 11.5 Å². The highest BCUT2D eigenvalue weighted by Gasteiger charge is 2.35. The van der Waals surface area contributed by atoms with Gasteiger partial charge in [-0.25, -0.2) is 0 Å². The molecule has 2 aliphatic heterocycles. The monoisotopic (exact) mass is 369 g/mol. The first kappa shape index (κ1) is 16.8. The molecule has 2 aromatic rings. The van der Waals surface area contributed by atoms with Gasteiger partial charge in [-0.3, -0.25) is 19.7 Å². The summed E-state index contributed by atoms with van der Waals surface area (Å²) in [7, 11) is 0. The van der Waals surface area contributed by atoms with E-state index < -0.39 is 10.8 Å². The van der Waals surface area contributed by atoms with E-state index in [0.717, 1.165) is 0 Å². The van der Waals surface area contributed by atoms with Crippen LogP contribution in [0.15, 0.2) is 42.5 Å². The Hall–Kier alpha value is -3.62. The molecule has 1 unspecified atom stereocenters. The van der Waals surface area contributed by atoms with Crippen LogP contribution in [0.3, 0.4) is 0 Å². The number of nitrogens with zero attached hydrogens (tertiary/aromatic N) is 2. The van der Waals surface area contributed by atoms with Gasteiger partial charge in [0, 0.05) is 42.5 Å². The van der Waals surface area contributed by atoms with Gasteiger partial charge in [0.2, 0.25) is 18.6 Å². The maximum Gasteiger partial charge on any atom is 0.271 e. The first-order valence-corrected chi connectivity index (χ1v) is 8.26. The van der Waals surface area contributed by atoms with E-state index >= 15 is 0 Å². The summed E-state index contributed by atoms with van der Waals surface area (Å²) in [5.74, 6) is 0.0949.